The van der Waals surface area contributed by atoms with E-state index in [-0.39, 0.29) is 48.3 Å². The molecule has 2 aliphatic carbocycles. The van der Waals surface area contributed by atoms with Crippen LogP contribution in [0.25, 0.3) is 0 Å². The first-order valence-electron chi connectivity index (χ1n) is 15.3. The third-order valence-electron chi connectivity index (χ3n) is 9.80. The Bertz CT molecular complexity index is 1650. The molecule has 3 aromatic rings. The molecule has 6 rings (SSSR count). The zero-order chi connectivity index (χ0) is 32.1. The van der Waals surface area contributed by atoms with Crippen molar-refractivity contribution in [1.29, 1.82) is 5.26 Å². The van der Waals surface area contributed by atoms with E-state index in [0.717, 1.165) is 30.7 Å². The molecule has 2 N–H and O–H groups in total. The van der Waals surface area contributed by atoms with Crippen LogP contribution in [0.2, 0.25) is 0 Å². The van der Waals surface area contributed by atoms with E-state index in [2.05, 4.69) is 33.8 Å². The van der Waals surface area contributed by atoms with Gasteiger partial charge < -0.3 is 24.8 Å². The highest BCUT2D eigenvalue weighted by atomic mass is 19.4. The second-order valence-electron chi connectivity index (χ2n) is 13.1. The minimum atomic E-state index is -4.62. The lowest BCUT2D eigenvalue weighted by molar-refractivity contribution is -0.138. The summed E-state index contributed by atoms with van der Waals surface area (Å²) in [6.07, 6.45) is 1.52. The number of hydrogen-bond acceptors (Lipinski definition) is 7. The number of rotatable bonds is 10. The van der Waals surface area contributed by atoms with E-state index in [1.165, 1.54) is 11.0 Å². The van der Waals surface area contributed by atoms with E-state index < -0.39 is 23.1 Å². The van der Waals surface area contributed by atoms with Crippen LogP contribution < -0.4 is 15.5 Å². The molecule has 1 atom stereocenters. The largest absolute Gasteiger partial charge is 0.416 e. The molecule has 1 aromatic heterocycles. The van der Waals surface area contributed by atoms with Crippen molar-refractivity contribution < 1.29 is 22.7 Å². The van der Waals surface area contributed by atoms with E-state index in [4.69, 9.17) is 4.74 Å². The minimum absolute atomic E-state index is 0.0134. The molecule has 0 unspecified atom stereocenters. The number of nitrogens with one attached hydrogen (secondary N) is 2. The van der Waals surface area contributed by atoms with Crippen LogP contribution in [0, 0.1) is 11.3 Å². The molecule has 2 heterocycles. The number of carbonyl (C=O) groups excluding carboxylic acids is 1. The van der Waals surface area contributed by atoms with Crippen molar-refractivity contribution in [2.45, 2.75) is 94.7 Å². The standard InChI is InChI=1S/C33H38F3N7O2/c1-20(6-9-37)40-23-12-22(32(15-25(16-32)45-4)30-41-39-19-42(30)3)13-24(14-23)43-18-27-26(29(43)44)10-21(11-28(27)33(34,35)36)17-38-31(2)7-5-8-31/h10-14,19-20,25,38,40H,5-8,15-18H2,1-4H3/t20-,25-,32+/m1/s1. The summed E-state index contributed by atoms with van der Waals surface area (Å²) >= 11 is 0. The highest BCUT2D eigenvalue weighted by molar-refractivity contribution is 6.10. The van der Waals surface area contributed by atoms with Gasteiger partial charge in [0.2, 0.25) is 0 Å². The molecule has 238 valence electrons. The third-order valence-corrected chi connectivity index (χ3v) is 9.80. The fourth-order valence-corrected chi connectivity index (χ4v) is 6.98. The number of aryl methyl sites for hydroxylation is 1. The number of fused-ring (bicyclic) bond motifs is 1. The summed E-state index contributed by atoms with van der Waals surface area (Å²) in [7, 11) is 3.53. The van der Waals surface area contributed by atoms with Gasteiger partial charge in [-0.05, 0) is 93.0 Å². The molecule has 2 fully saturated rings. The van der Waals surface area contributed by atoms with Crippen molar-refractivity contribution in [3.63, 3.8) is 0 Å². The predicted octanol–water partition coefficient (Wildman–Crippen LogP) is 5.84. The Morgan fingerprint density at radius 3 is 2.56 bits per heavy atom. The van der Waals surface area contributed by atoms with Gasteiger partial charge in [-0.15, -0.1) is 10.2 Å². The topological polar surface area (TPSA) is 108 Å². The SMILES string of the molecule is CO[C@H]1C[C@@](c2cc(N[C@H](C)CC#N)cc(N3Cc4c(cc(CNC5(C)CCC5)cc4C(F)(F)F)C3=O)c2)(c2nncn2C)C1. The lowest BCUT2D eigenvalue weighted by Gasteiger charge is -2.46. The summed E-state index contributed by atoms with van der Waals surface area (Å²) < 4.78 is 50.8. The Morgan fingerprint density at radius 2 is 1.96 bits per heavy atom. The maximum Gasteiger partial charge on any atom is 0.416 e. The molecule has 1 amide bonds. The average molecular weight is 622 g/mol. The normalized spacial score (nSPS) is 22.8. The number of amides is 1. The Kier molecular flexibility index (Phi) is 7.90. The van der Waals surface area contributed by atoms with Gasteiger partial charge in [0.25, 0.3) is 5.91 Å². The number of ether oxygens (including phenoxy) is 1. The number of methoxy groups -OCH3 is 1. The van der Waals surface area contributed by atoms with E-state index in [9.17, 15) is 23.2 Å². The zero-order valence-electron chi connectivity index (χ0n) is 26.0. The number of hydrogen-bond donors (Lipinski definition) is 2. The van der Waals surface area contributed by atoms with E-state index >= 15 is 0 Å². The van der Waals surface area contributed by atoms with Gasteiger partial charge in [-0.1, -0.05) is 0 Å². The fourth-order valence-electron chi connectivity index (χ4n) is 6.98. The van der Waals surface area contributed by atoms with Gasteiger partial charge in [0, 0.05) is 49.2 Å². The maximum absolute atomic E-state index is 14.4. The Hall–Kier alpha value is -3.95. The predicted molar refractivity (Wildman–Crippen MR) is 163 cm³/mol. The quantitative estimate of drug-likeness (QED) is 0.293. The van der Waals surface area contributed by atoms with Crippen LogP contribution in [-0.4, -0.2) is 45.5 Å². The third kappa shape index (κ3) is 5.68. The number of anilines is 2. The molecule has 2 saturated carbocycles. The summed E-state index contributed by atoms with van der Waals surface area (Å²) in [6, 6.07) is 10.4. The Balaban J connectivity index is 1.41. The van der Waals surface area contributed by atoms with Gasteiger partial charge in [-0.3, -0.25) is 4.79 Å². The summed E-state index contributed by atoms with van der Waals surface area (Å²) in [6.45, 7) is 4.00. The highest BCUT2D eigenvalue weighted by Crippen LogP contribution is 2.51. The molecule has 0 radical (unpaired) electrons. The van der Waals surface area contributed by atoms with Crippen LogP contribution in [-0.2, 0) is 36.5 Å². The van der Waals surface area contributed by atoms with Gasteiger partial charge >= 0.3 is 6.18 Å². The summed E-state index contributed by atoms with van der Waals surface area (Å²) in [4.78, 5) is 15.4. The molecule has 0 spiro atoms. The van der Waals surface area contributed by atoms with Crippen LogP contribution in [0.4, 0.5) is 24.5 Å². The van der Waals surface area contributed by atoms with Gasteiger partial charge in [0.05, 0.1) is 36.1 Å². The number of aromatic nitrogens is 3. The highest BCUT2D eigenvalue weighted by Gasteiger charge is 2.51. The zero-order valence-corrected chi connectivity index (χ0v) is 26.0. The molecule has 0 saturated heterocycles. The van der Waals surface area contributed by atoms with Crippen LogP contribution in [0.1, 0.15) is 90.8 Å². The summed E-state index contributed by atoms with van der Waals surface area (Å²) in [5.41, 5.74) is 1.01. The molecule has 2 aromatic carbocycles. The van der Waals surface area contributed by atoms with E-state index in [0.29, 0.717) is 29.8 Å². The van der Waals surface area contributed by atoms with Crippen LogP contribution in [0.3, 0.4) is 0 Å². The van der Waals surface area contributed by atoms with Gasteiger partial charge in [0.1, 0.15) is 12.2 Å². The summed E-state index contributed by atoms with van der Waals surface area (Å²) in [5, 5.41) is 24.5. The molecule has 3 aliphatic rings. The first-order valence-corrected chi connectivity index (χ1v) is 15.3. The van der Waals surface area contributed by atoms with Crippen molar-refractivity contribution in [2.24, 2.45) is 7.05 Å². The fraction of sp³-hybridized carbons (Fsp3) is 0.515. The monoisotopic (exact) mass is 621 g/mol. The number of halogens is 3. The van der Waals surface area contributed by atoms with E-state index in [1.807, 2.05) is 30.7 Å². The average Bonchev–Trinajstić information content (AvgIpc) is 3.52. The van der Waals surface area contributed by atoms with Gasteiger partial charge in [-0.25, -0.2) is 0 Å². The number of alkyl halides is 3. The van der Waals surface area contributed by atoms with Crippen molar-refractivity contribution >= 4 is 17.3 Å². The first-order chi connectivity index (χ1) is 21.4. The number of carbonyl (C=O) groups is 1. The Morgan fingerprint density at radius 1 is 1.20 bits per heavy atom. The van der Waals surface area contributed by atoms with Crippen molar-refractivity contribution in [3.8, 4) is 6.07 Å². The maximum atomic E-state index is 14.4. The smallest absolute Gasteiger partial charge is 0.381 e. The van der Waals surface area contributed by atoms with Crippen molar-refractivity contribution in [3.05, 3.63) is 70.3 Å². The van der Waals surface area contributed by atoms with Crippen molar-refractivity contribution in [1.82, 2.24) is 20.1 Å². The molecular formula is C33H38F3N7O2. The number of benzene rings is 2. The minimum Gasteiger partial charge on any atom is -0.381 e. The Labute approximate surface area is 260 Å². The van der Waals surface area contributed by atoms with Crippen molar-refractivity contribution in [2.75, 3.05) is 17.3 Å². The van der Waals surface area contributed by atoms with Crippen LogP contribution in [0.15, 0.2) is 36.7 Å². The van der Waals surface area contributed by atoms with Crippen LogP contribution in [0.5, 0.6) is 0 Å². The lowest BCUT2D eigenvalue weighted by Crippen LogP contribution is -2.48. The van der Waals surface area contributed by atoms with E-state index in [1.54, 1.807) is 25.6 Å². The first kappa shape index (κ1) is 31.0. The molecule has 0 bridgehead atoms. The molecule has 9 nitrogen and oxygen atoms in total. The molecule has 1 aliphatic heterocycles. The number of nitriles is 1. The van der Waals surface area contributed by atoms with Gasteiger partial charge in [0.15, 0.2) is 0 Å². The summed E-state index contributed by atoms with van der Waals surface area (Å²) in [5.74, 6) is 0.258. The molecule has 12 heteroatoms. The number of nitrogens with zero attached hydrogens (tertiary/aromatic N) is 5. The van der Waals surface area contributed by atoms with Gasteiger partial charge in [-0.2, -0.15) is 18.4 Å². The molecule has 45 heavy (non-hydrogen) atoms. The second-order valence-corrected chi connectivity index (χ2v) is 13.1. The second kappa shape index (κ2) is 11.4. The van der Waals surface area contributed by atoms with Crippen LogP contribution >= 0.6 is 0 Å². The molecular weight excluding hydrogens is 583 g/mol. The lowest BCUT2D eigenvalue weighted by atomic mass is 9.61.